The molecule has 30 heavy (non-hydrogen) atoms. The number of ketones is 1. The highest BCUT2D eigenvalue weighted by atomic mass is 32.2. The van der Waals surface area contributed by atoms with Crippen LogP contribution in [0.3, 0.4) is 0 Å². The summed E-state index contributed by atoms with van der Waals surface area (Å²) in [5.74, 6) is -0.0520. The summed E-state index contributed by atoms with van der Waals surface area (Å²) in [4.78, 5) is 30.4. The predicted molar refractivity (Wildman–Crippen MR) is 121 cm³/mol. The van der Waals surface area contributed by atoms with Gasteiger partial charge in [0.1, 0.15) is 0 Å². The minimum atomic E-state index is -0.498. The second-order valence-electron chi connectivity index (χ2n) is 6.70. The molecular weight excluding hydrogens is 414 g/mol. The summed E-state index contributed by atoms with van der Waals surface area (Å²) in [6.45, 7) is 1.68. The van der Waals surface area contributed by atoms with Crippen LogP contribution in [0.4, 0.5) is 0 Å². The van der Waals surface area contributed by atoms with Crippen molar-refractivity contribution in [3.8, 4) is 0 Å². The van der Waals surface area contributed by atoms with Crippen molar-refractivity contribution < 1.29 is 14.3 Å². The molecule has 0 saturated carbocycles. The molecule has 0 aliphatic rings. The Kier molecular flexibility index (Phi) is 6.26. The van der Waals surface area contributed by atoms with Gasteiger partial charge in [0.15, 0.2) is 12.4 Å². The number of ether oxygens (including phenoxy) is 1. The third-order valence-electron chi connectivity index (χ3n) is 4.55. The average Bonchev–Trinajstić information content (AvgIpc) is 3.20. The first-order valence-corrected chi connectivity index (χ1v) is 11.3. The van der Waals surface area contributed by atoms with Crippen LogP contribution in [0.25, 0.3) is 10.8 Å². The molecule has 4 aromatic rings. The van der Waals surface area contributed by atoms with E-state index in [1.807, 2.05) is 60.8 Å². The Morgan fingerprint density at radius 2 is 1.77 bits per heavy atom. The van der Waals surface area contributed by atoms with Crippen molar-refractivity contribution in [2.24, 2.45) is 0 Å². The van der Waals surface area contributed by atoms with E-state index < -0.39 is 5.97 Å². The zero-order valence-corrected chi connectivity index (χ0v) is 18.0. The third-order valence-corrected chi connectivity index (χ3v) is 6.48. The van der Waals surface area contributed by atoms with Crippen LogP contribution in [0.1, 0.15) is 31.4 Å². The lowest BCUT2D eigenvalue weighted by Gasteiger charge is -2.09. The summed E-state index contributed by atoms with van der Waals surface area (Å²) in [7, 11) is 0. The maximum atomic E-state index is 12.6. The molecule has 0 fully saturated rings. The topological polar surface area (TPSA) is 56.3 Å². The molecule has 4 nitrogen and oxygen atoms in total. The van der Waals surface area contributed by atoms with Gasteiger partial charge in [-0.3, -0.25) is 4.79 Å². The summed E-state index contributed by atoms with van der Waals surface area (Å²) in [6.07, 6.45) is 0. The molecular formula is C24H19NO3S2. The van der Waals surface area contributed by atoms with Crippen molar-refractivity contribution in [2.45, 2.75) is 17.6 Å². The van der Waals surface area contributed by atoms with E-state index in [0.29, 0.717) is 16.9 Å². The highest BCUT2D eigenvalue weighted by Gasteiger charge is 2.16. The average molecular weight is 434 g/mol. The zero-order chi connectivity index (χ0) is 20.9. The summed E-state index contributed by atoms with van der Waals surface area (Å²) in [5, 5.41) is 5.08. The van der Waals surface area contributed by atoms with Gasteiger partial charge in [0.05, 0.1) is 16.3 Å². The number of benzene rings is 3. The predicted octanol–water partition coefficient (Wildman–Crippen LogP) is 5.94. The number of thiazole rings is 1. The Labute approximate surface area is 182 Å². The SMILES string of the molecule is Cc1nc(CSc2ccccc2C(=O)OCC(=O)c2ccc3ccccc3c2)cs1. The first kappa shape index (κ1) is 20.3. The summed E-state index contributed by atoms with van der Waals surface area (Å²) in [6, 6.07) is 20.6. The second-order valence-corrected chi connectivity index (χ2v) is 8.78. The van der Waals surface area contributed by atoms with Crippen molar-refractivity contribution in [1.82, 2.24) is 4.98 Å². The van der Waals surface area contributed by atoms with Gasteiger partial charge in [-0.15, -0.1) is 23.1 Å². The minimum absolute atomic E-state index is 0.225. The number of carbonyl (C=O) groups is 2. The summed E-state index contributed by atoms with van der Waals surface area (Å²) >= 11 is 3.14. The normalized spacial score (nSPS) is 10.8. The van der Waals surface area contributed by atoms with Crippen LogP contribution in [-0.4, -0.2) is 23.3 Å². The highest BCUT2D eigenvalue weighted by Crippen LogP contribution is 2.27. The first-order valence-electron chi connectivity index (χ1n) is 9.42. The highest BCUT2D eigenvalue weighted by molar-refractivity contribution is 7.98. The third kappa shape index (κ3) is 4.78. The molecule has 3 aromatic carbocycles. The number of aromatic nitrogens is 1. The van der Waals surface area contributed by atoms with E-state index >= 15 is 0 Å². The molecule has 0 aliphatic carbocycles. The largest absolute Gasteiger partial charge is 0.454 e. The maximum Gasteiger partial charge on any atom is 0.339 e. The summed E-state index contributed by atoms with van der Waals surface area (Å²) < 4.78 is 5.34. The van der Waals surface area contributed by atoms with Crippen LogP contribution in [0.5, 0.6) is 0 Å². The lowest BCUT2D eigenvalue weighted by molar-refractivity contribution is 0.0471. The summed E-state index contributed by atoms with van der Waals surface area (Å²) in [5.41, 5.74) is 1.97. The Balaban J connectivity index is 1.41. The van der Waals surface area contributed by atoms with Crippen LogP contribution in [0.15, 0.2) is 77.0 Å². The number of hydrogen-bond acceptors (Lipinski definition) is 6. The Morgan fingerprint density at radius 3 is 2.57 bits per heavy atom. The van der Waals surface area contributed by atoms with E-state index in [1.165, 1.54) is 11.8 Å². The minimum Gasteiger partial charge on any atom is -0.454 e. The van der Waals surface area contributed by atoms with Crippen molar-refractivity contribution in [2.75, 3.05) is 6.61 Å². The molecule has 0 atom stereocenters. The van der Waals surface area contributed by atoms with Gasteiger partial charge in [-0.1, -0.05) is 48.5 Å². The number of hydrogen-bond donors (Lipinski definition) is 0. The second kappa shape index (κ2) is 9.24. The number of aryl methyl sites for hydroxylation is 1. The van der Waals surface area contributed by atoms with Crippen LogP contribution < -0.4 is 0 Å². The van der Waals surface area contributed by atoms with Crippen molar-refractivity contribution in [3.05, 3.63) is 93.9 Å². The lowest BCUT2D eigenvalue weighted by Crippen LogP contribution is -2.15. The standard InChI is InChI=1S/C24H19NO3S2/c1-16-25-20(14-29-16)15-30-23-9-5-4-8-21(23)24(27)28-13-22(26)19-11-10-17-6-2-3-7-18(17)12-19/h2-12,14H,13,15H2,1H3. The molecule has 0 amide bonds. The Bertz CT molecular complexity index is 1220. The van der Waals surface area contributed by atoms with E-state index in [0.717, 1.165) is 26.4 Å². The number of nitrogens with zero attached hydrogens (tertiary/aromatic N) is 1. The fraction of sp³-hybridized carbons (Fsp3) is 0.125. The molecule has 6 heteroatoms. The molecule has 0 unspecified atom stereocenters. The molecule has 0 aliphatic heterocycles. The molecule has 1 aromatic heterocycles. The van der Waals surface area contributed by atoms with Crippen molar-refractivity contribution >= 4 is 45.6 Å². The number of fused-ring (bicyclic) bond motifs is 1. The fourth-order valence-electron chi connectivity index (χ4n) is 3.04. The molecule has 0 spiro atoms. The molecule has 4 rings (SSSR count). The lowest BCUT2D eigenvalue weighted by atomic mass is 10.0. The number of thioether (sulfide) groups is 1. The van der Waals surface area contributed by atoms with Gasteiger partial charge in [-0.05, 0) is 35.9 Å². The van der Waals surface area contributed by atoms with Gasteiger partial charge in [0.2, 0.25) is 0 Å². The van der Waals surface area contributed by atoms with E-state index in [4.69, 9.17) is 4.74 Å². The van der Waals surface area contributed by atoms with Gasteiger partial charge < -0.3 is 4.74 Å². The Hall–Kier alpha value is -2.96. The number of carbonyl (C=O) groups excluding carboxylic acids is 2. The van der Waals surface area contributed by atoms with Gasteiger partial charge in [-0.25, -0.2) is 9.78 Å². The molecule has 0 radical (unpaired) electrons. The molecule has 0 bridgehead atoms. The molecule has 0 N–H and O–H groups in total. The van der Waals surface area contributed by atoms with E-state index in [-0.39, 0.29) is 12.4 Å². The quantitative estimate of drug-likeness (QED) is 0.205. The molecule has 150 valence electrons. The first-order chi connectivity index (χ1) is 14.6. The van der Waals surface area contributed by atoms with E-state index in [1.54, 1.807) is 29.5 Å². The van der Waals surface area contributed by atoms with Crippen LogP contribution >= 0.6 is 23.1 Å². The van der Waals surface area contributed by atoms with Gasteiger partial charge >= 0.3 is 5.97 Å². The van der Waals surface area contributed by atoms with Gasteiger partial charge in [0, 0.05) is 21.6 Å². The maximum absolute atomic E-state index is 12.6. The number of rotatable bonds is 7. The van der Waals surface area contributed by atoms with Crippen LogP contribution in [0, 0.1) is 6.92 Å². The van der Waals surface area contributed by atoms with Crippen LogP contribution in [0.2, 0.25) is 0 Å². The molecule has 0 saturated heterocycles. The Morgan fingerprint density at radius 1 is 1.00 bits per heavy atom. The number of Topliss-reactive ketones (excluding diaryl/α,β-unsaturated/α-hetero) is 1. The number of esters is 1. The van der Waals surface area contributed by atoms with Crippen LogP contribution in [-0.2, 0) is 10.5 Å². The van der Waals surface area contributed by atoms with Crippen molar-refractivity contribution in [3.63, 3.8) is 0 Å². The molecule has 1 heterocycles. The van der Waals surface area contributed by atoms with Gasteiger partial charge in [-0.2, -0.15) is 0 Å². The van der Waals surface area contributed by atoms with E-state index in [9.17, 15) is 9.59 Å². The smallest absolute Gasteiger partial charge is 0.339 e. The monoisotopic (exact) mass is 433 g/mol. The van der Waals surface area contributed by atoms with Gasteiger partial charge in [0.25, 0.3) is 0 Å². The fourth-order valence-corrected chi connectivity index (χ4v) is 4.69. The zero-order valence-electron chi connectivity index (χ0n) is 16.3. The van der Waals surface area contributed by atoms with E-state index in [2.05, 4.69) is 4.98 Å². The van der Waals surface area contributed by atoms with Crippen molar-refractivity contribution in [1.29, 1.82) is 0 Å².